The smallest absolute Gasteiger partial charge is 0.309 e. The lowest BCUT2D eigenvalue weighted by Crippen LogP contribution is -2.50. The number of rotatable bonds is 0. The molecular weight excluding hydrogens is 228 g/mol. The van der Waals surface area contributed by atoms with Gasteiger partial charge >= 0.3 is 5.97 Å². The second-order valence-corrected chi connectivity index (χ2v) is 6.36. The fraction of sp³-hybridized carbons (Fsp3) is 0.733. The molecule has 3 heteroatoms. The van der Waals surface area contributed by atoms with Crippen LogP contribution in [-0.2, 0) is 14.3 Å². The first-order chi connectivity index (χ1) is 8.45. The van der Waals surface area contributed by atoms with E-state index >= 15 is 0 Å². The molecule has 3 nitrogen and oxygen atoms in total. The van der Waals surface area contributed by atoms with Gasteiger partial charge in [0.25, 0.3) is 0 Å². The Hall–Kier alpha value is -1.12. The SMILES string of the molecule is CC1=CCC(=O)[C@]2(C)CC[C@@H]3[C@H](OC(=O)[C@H]3C)[C@@H]12. The van der Waals surface area contributed by atoms with Crippen molar-refractivity contribution >= 4 is 11.8 Å². The average Bonchev–Trinajstić information content (AvgIpc) is 2.60. The molecule has 0 spiro atoms. The summed E-state index contributed by atoms with van der Waals surface area (Å²) in [5.74, 6) is 0.618. The van der Waals surface area contributed by atoms with E-state index < -0.39 is 0 Å². The summed E-state index contributed by atoms with van der Waals surface area (Å²) in [6.07, 6.45) is 4.31. The number of ether oxygens (including phenoxy) is 1. The van der Waals surface area contributed by atoms with Crippen molar-refractivity contribution in [1.82, 2.24) is 0 Å². The monoisotopic (exact) mass is 248 g/mol. The predicted octanol–water partition coefficient (Wildman–Crippen LogP) is 2.50. The van der Waals surface area contributed by atoms with Gasteiger partial charge in [0.1, 0.15) is 11.9 Å². The van der Waals surface area contributed by atoms with Crippen molar-refractivity contribution in [2.75, 3.05) is 0 Å². The number of hydrogen-bond donors (Lipinski definition) is 0. The molecule has 18 heavy (non-hydrogen) atoms. The van der Waals surface area contributed by atoms with Crippen LogP contribution in [-0.4, -0.2) is 17.9 Å². The molecule has 2 fully saturated rings. The van der Waals surface area contributed by atoms with Gasteiger partial charge in [0.15, 0.2) is 0 Å². The molecule has 0 bridgehead atoms. The van der Waals surface area contributed by atoms with Crippen LogP contribution in [0.3, 0.4) is 0 Å². The highest BCUT2D eigenvalue weighted by Gasteiger charge is 2.58. The maximum absolute atomic E-state index is 12.3. The quantitative estimate of drug-likeness (QED) is 0.488. The van der Waals surface area contributed by atoms with E-state index in [0.717, 1.165) is 12.8 Å². The zero-order valence-electron chi connectivity index (χ0n) is 11.2. The Kier molecular flexibility index (Phi) is 2.45. The Morgan fingerprint density at radius 1 is 1.39 bits per heavy atom. The van der Waals surface area contributed by atoms with Gasteiger partial charge in [-0.1, -0.05) is 25.5 Å². The van der Waals surface area contributed by atoms with Crippen LogP contribution >= 0.6 is 0 Å². The minimum Gasteiger partial charge on any atom is -0.461 e. The minimum atomic E-state index is -0.315. The van der Waals surface area contributed by atoms with Crippen molar-refractivity contribution in [2.24, 2.45) is 23.2 Å². The van der Waals surface area contributed by atoms with Crippen LogP contribution in [0.25, 0.3) is 0 Å². The highest BCUT2D eigenvalue weighted by atomic mass is 16.6. The van der Waals surface area contributed by atoms with Crippen molar-refractivity contribution < 1.29 is 14.3 Å². The Morgan fingerprint density at radius 2 is 2.11 bits per heavy atom. The van der Waals surface area contributed by atoms with Crippen molar-refractivity contribution in [2.45, 2.75) is 46.1 Å². The summed E-state index contributed by atoms with van der Waals surface area (Å²) in [4.78, 5) is 24.0. The first kappa shape index (κ1) is 11.9. The van der Waals surface area contributed by atoms with Crippen LogP contribution in [0, 0.1) is 23.2 Å². The Bertz CT molecular complexity index is 451. The summed E-state index contributed by atoms with van der Waals surface area (Å²) in [6.45, 7) is 6.09. The van der Waals surface area contributed by atoms with E-state index in [1.807, 2.05) is 13.0 Å². The number of allylic oxidation sites excluding steroid dienone is 1. The topological polar surface area (TPSA) is 43.4 Å². The fourth-order valence-electron chi connectivity index (χ4n) is 4.19. The number of carbonyl (C=O) groups excluding carboxylic acids is 2. The molecular formula is C15H20O3. The highest BCUT2D eigenvalue weighted by Crippen LogP contribution is 2.54. The second-order valence-electron chi connectivity index (χ2n) is 6.36. The molecule has 0 aromatic rings. The van der Waals surface area contributed by atoms with Crippen molar-refractivity contribution in [3.63, 3.8) is 0 Å². The normalized spacial score (nSPS) is 47.2. The summed E-state index contributed by atoms with van der Waals surface area (Å²) < 4.78 is 5.60. The van der Waals surface area contributed by atoms with E-state index in [1.165, 1.54) is 5.57 Å². The molecule has 0 unspecified atom stereocenters. The summed E-state index contributed by atoms with van der Waals surface area (Å²) >= 11 is 0. The second kappa shape index (κ2) is 3.69. The van der Waals surface area contributed by atoms with Gasteiger partial charge in [0, 0.05) is 23.7 Å². The van der Waals surface area contributed by atoms with E-state index in [-0.39, 0.29) is 29.3 Å². The third-order valence-electron chi connectivity index (χ3n) is 5.44. The Morgan fingerprint density at radius 3 is 2.83 bits per heavy atom. The first-order valence-corrected chi connectivity index (χ1v) is 6.85. The molecule has 0 aromatic carbocycles. The maximum atomic E-state index is 12.3. The summed E-state index contributed by atoms with van der Waals surface area (Å²) in [7, 11) is 0. The molecule has 0 aromatic heterocycles. The Labute approximate surface area is 108 Å². The molecule has 3 aliphatic rings. The van der Waals surface area contributed by atoms with E-state index in [9.17, 15) is 9.59 Å². The van der Waals surface area contributed by atoms with Crippen LogP contribution in [0.1, 0.15) is 40.0 Å². The molecule has 1 heterocycles. The number of carbonyl (C=O) groups is 2. The van der Waals surface area contributed by atoms with Gasteiger partial charge in [-0.15, -0.1) is 0 Å². The third-order valence-corrected chi connectivity index (χ3v) is 5.44. The molecule has 1 saturated heterocycles. The van der Waals surface area contributed by atoms with Crippen LogP contribution in [0.5, 0.6) is 0 Å². The summed E-state index contributed by atoms with van der Waals surface area (Å²) in [5.41, 5.74) is 0.915. The molecule has 1 aliphatic heterocycles. The van der Waals surface area contributed by atoms with Gasteiger partial charge in [-0.05, 0) is 19.8 Å². The lowest BCUT2D eigenvalue weighted by atomic mass is 9.55. The van der Waals surface area contributed by atoms with Crippen LogP contribution < -0.4 is 0 Å². The number of hydrogen-bond acceptors (Lipinski definition) is 3. The molecule has 2 aliphatic carbocycles. The highest BCUT2D eigenvalue weighted by molar-refractivity contribution is 5.88. The number of esters is 1. The zero-order valence-corrected chi connectivity index (χ0v) is 11.2. The maximum Gasteiger partial charge on any atom is 0.309 e. The summed E-state index contributed by atoms with van der Waals surface area (Å²) in [5, 5.41) is 0. The number of fused-ring (bicyclic) bond motifs is 3. The fourth-order valence-corrected chi connectivity index (χ4v) is 4.19. The summed E-state index contributed by atoms with van der Waals surface area (Å²) in [6, 6.07) is 0. The molecule has 0 N–H and O–H groups in total. The van der Waals surface area contributed by atoms with Crippen LogP contribution in [0.2, 0.25) is 0 Å². The largest absolute Gasteiger partial charge is 0.461 e. The van der Waals surface area contributed by atoms with E-state index in [2.05, 4.69) is 13.8 Å². The van der Waals surface area contributed by atoms with Gasteiger partial charge in [-0.2, -0.15) is 0 Å². The van der Waals surface area contributed by atoms with E-state index in [1.54, 1.807) is 0 Å². The Balaban J connectivity index is 2.03. The molecule has 1 saturated carbocycles. The molecule has 98 valence electrons. The van der Waals surface area contributed by atoms with Crippen LogP contribution in [0.15, 0.2) is 11.6 Å². The molecule has 5 atom stereocenters. The zero-order chi connectivity index (χ0) is 13.1. The van der Waals surface area contributed by atoms with Crippen LogP contribution in [0.4, 0.5) is 0 Å². The molecule has 3 rings (SSSR count). The third kappa shape index (κ3) is 1.36. The van der Waals surface area contributed by atoms with Gasteiger partial charge in [-0.3, -0.25) is 9.59 Å². The standard InChI is InChI=1S/C15H20O3/c1-8-4-5-11(16)15(3)7-6-10-9(2)14(17)18-13(10)12(8)15/h4,9-10,12-13H,5-7H2,1-3H3/t9-,10-,12+,13-,15-/m0/s1. The van der Waals surface area contributed by atoms with Crippen molar-refractivity contribution in [1.29, 1.82) is 0 Å². The minimum absolute atomic E-state index is 0.00983. The molecule has 0 amide bonds. The number of Topliss-reactive ketones (excluding diaryl/α,β-unsaturated/α-hetero) is 1. The number of ketones is 1. The van der Waals surface area contributed by atoms with Gasteiger partial charge in [-0.25, -0.2) is 0 Å². The lowest BCUT2D eigenvalue weighted by molar-refractivity contribution is -0.151. The first-order valence-electron chi connectivity index (χ1n) is 6.85. The average molecular weight is 248 g/mol. The van der Waals surface area contributed by atoms with Crippen molar-refractivity contribution in [3.05, 3.63) is 11.6 Å². The van der Waals surface area contributed by atoms with E-state index in [0.29, 0.717) is 18.1 Å². The predicted molar refractivity (Wildman–Crippen MR) is 66.7 cm³/mol. The molecule has 0 radical (unpaired) electrons. The van der Waals surface area contributed by atoms with E-state index in [4.69, 9.17) is 4.74 Å². The van der Waals surface area contributed by atoms with Gasteiger partial charge in [0.2, 0.25) is 0 Å². The van der Waals surface area contributed by atoms with Gasteiger partial charge in [0.05, 0.1) is 5.92 Å². The van der Waals surface area contributed by atoms with Gasteiger partial charge < -0.3 is 4.74 Å². The van der Waals surface area contributed by atoms with Crippen molar-refractivity contribution in [3.8, 4) is 0 Å². The lowest BCUT2D eigenvalue weighted by Gasteiger charge is -2.48.